The Morgan fingerprint density at radius 1 is 1.38 bits per heavy atom. The largest absolute Gasteiger partial charge is 0.378 e. The fourth-order valence-corrected chi connectivity index (χ4v) is 4.89. The third kappa shape index (κ3) is 3.23. The Bertz CT molecular complexity index is 668. The van der Waals surface area contributed by atoms with Crippen molar-refractivity contribution in [2.24, 2.45) is 0 Å². The van der Waals surface area contributed by atoms with Gasteiger partial charge in [0.1, 0.15) is 0 Å². The first kappa shape index (κ1) is 14.8. The SMILES string of the molecule is CNC(=O)c1cccc(NC2CCCc3sc(I)cc32)c1. The lowest BCUT2D eigenvalue weighted by molar-refractivity contribution is 0.0963. The summed E-state index contributed by atoms with van der Waals surface area (Å²) in [5.41, 5.74) is 3.13. The highest BCUT2D eigenvalue weighted by molar-refractivity contribution is 14.1. The van der Waals surface area contributed by atoms with Crippen LogP contribution in [0.1, 0.15) is 39.7 Å². The number of thiophene rings is 1. The number of amides is 1. The van der Waals surface area contributed by atoms with Crippen molar-refractivity contribution in [2.45, 2.75) is 25.3 Å². The van der Waals surface area contributed by atoms with E-state index in [-0.39, 0.29) is 5.91 Å². The molecule has 3 nitrogen and oxygen atoms in total. The highest BCUT2D eigenvalue weighted by Gasteiger charge is 2.22. The van der Waals surface area contributed by atoms with Crippen molar-refractivity contribution in [3.05, 3.63) is 49.2 Å². The number of rotatable bonds is 3. The molecule has 0 fully saturated rings. The van der Waals surface area contributed by atoms with Gasteiger partial charge >= 0.3 is 0 Å². The minimum absolute atomic E-state index is 0.0481. The van der Waals surface area contributed by atoms with E-state index in [1.54, 1.807) is 7.05 Å². The molecule has 5 heteroatoms. The van der Waals surface area contributed by atoms with Crippen LogP contribution >= 0.6 is 33.9 Å². The van der Waals surface area contributed by atoms with Crippen molar-refractivity contribution in [3.63, 3.8) is 0 Å². The molecule has 1 heterocycles. The van der Waals surface area contributed by atoms with Crippen LogP contribution in [0.5, 0.6) is 0 Å². The molecule has 1 aliphatic carbocycles. The van der Waals surface area contributed by atoms with E-state index >= 15 is 0 Å². The van der Waals surface area contributed by atoms with Crippen LogP contribution in [0.3, 0.4) is 0 Å². The zero-order valence-electron chi connectivity index (χ0n) is 11.8. The predicted octanol–water partition coefficient (Wildman–Crippen LogP) is 4.20. The number of anilines is 1. The first-order valence-corrected chi connectivity index (χ1v) is 8.93. The molecule has 1 aliphatic rings. The molecular formula is C16H17IN2OS. The van der Waals surface area contributed by atoms with Crippen LogP contribution in [0, 0.1) is 2.88 Å². The molecule has 21 heavy (non-hydrogen) atoms. The van der Waals surface area contributed by atoms with Crippen molar-refractivity contribution in [2.75, 3.05) is 12.4 Å². The van der Waals surface area contributed by atoms with Gasteiger partial charge in [-0.25, -0.2) is 0 Å². The summed E-state index contributed by atoms with van der Waals surface area (Å²) in [4.78, 5) is 13.2. The maximum Gasteiger partial charge on any atom is 0.251 e. The van der Waals surface area contributed by atoms with Crippen LogP contribution in [-0.4, -0.2) is 13.0 Å². The van der Waals surface area contributed by atoms with Crippen molar-refractivity contribution in [1.29, 1.82) is 0 Å². The summed E-state index contributed by atoms with van der Waals surface area (Å²) in [5.74, 6) is -0.0481. The number of hydrogen-bond donors (Lipinski definition) is 2. The molecule has 1 unspecified atom stereocenters. The molecule has 0 radical (unpaired) electrons. The molecule has 0 bridgehead atoms. The average molecular weight is 412 g/mol. The summed E-state index contributed by atoms with van der Waals surface area (Å²) in [7, 11) is 1.66. The van der Waals surface area contributed by atoms with E-state index in [0.717, 1.165) is 12.1 Å². The first-order valence-electron chi connectivity index (χ1n) is 7.04. The lowest BCUT2D eigenvalue weighted by atomic mass is 9.94. The minimum atomic E-state index is -0.0481. The average Bonchev–Trinajstić information content (AvgIpc) is 2.88. The van der Waals surface area contributed by atoms with Gasteiger partial charge in [0.25, 0.3) is 5.91 Å². The molecule has 1 atom stereocenters. The molecule has 1 amide bonds. The van der Waals surface area contributed by atoms with Crippen molar-refractivity contribution in [3.8, 4) is 0 Å². The van der Waals surface area contributed by atoms with Crippen molar-refractivity contribution < 1.29 is 4.79 Å². The number of carbonyl (C=O) groups is 1. The minimum Gasteiger partial charge on any atom is -0.378 e. The second kappa shape index (κ2) is 6.36. The molecule has 2 N–H and O–H groups in total. The van der Waals surface area contributed by atoms with Crippen LogP contribution < -0.4 is 10.6 Å². The zero-order chi connectivity index (χ0) is 14.8. The van der Waals surface area contributed by atoms with Gasteiger partial charge in [0, 0.05) is 23.2 Å². The standard InChI is InChI=1S/C16H17IN2OS/c1-18-16(20)10-4-2-5-11(8-10)19-13-6-3-7-14-12(13)9-15(17)21-14/h2,4-5,8-9,13,19H,3,6-7H2,1H3,(H,18,20). The summed E-state index contributed by atoms with van der Waals surface area (Å²) in [6.45, 7) is 0. The van der Waals surface area contributed by atoms with Gasteiger partial charge < -0.3 is 10.6 Å². The maximum absolute atomic E-state index is 11.7. The number of fused-ring (bicyclic) bond motifs is 1. The van der Waals surface area contributed by atoms with E-state index in [1.807, 2.05) is 35.6 Å². The van der Waals surface area contributed by atoms with Gasteiger partial charge in [-0.2, -0.15) is 0 Å². The molecule has 1 aromatic heterocycles. The van der Waals surface area contributed by atoms with Gasteiger partial charge in [0.05, 0.1) is 8.93 Å². The number of nitrogens with one attached hydrogen (secondary N) is 2. The van der Waals surface area contributed by atoms with E-state index in [0.29, 0.717) is 11.6 Å². The molecule has 1 aromatic carbocycles. The van der Waals surface area contributed by atoms with E-state index in [1.165, 1.54) is 26.2 Å². The molecule has 0 saturated carbocycles. The molecule has 3 rings (SSSR count). The molecular weight excluding hydrogens is 395 g/mol. The van der Waals surface area contributed by atoms with Crippen molar-refractivity contribution >= 4 is 45.5 Å². The van der Waals surface area contributed by atoms with Gasteiger partial charge in [-0.1, -0.05) is 6.07 Å². The summed E-state index contributed by atoms with van der Waals surface area (Å²) >= 11 is 4.30. The quantitative estimate of drug-likeness (QED) is 0.742. The van der Waals surface area contributed by atoms with Gasteiger partial charge in [0.2, 0.25) is 0 Å². The van der Waals surface area contributed by atoms with E-state index < -0.39 is 0 Å². The lowest BCUT2D eigenvalue weighted by Crippen LogP contribution is -2.19. The maximum atomic E-state index is 11.7. The number of aryl methyl sites for hydroxylation is 1. The summed E-state index contributed by atoms with van der Waals surface area (Å²) in [6.07, 6.45) is 3.56. The third-order valence-electron chi connectivity index (χ3n) is 3.78. The Kier molecular flexibility index (Phi) is 4.49. The molecule has 0 saturated heterocycles. The van der Waals surface area contributed by atoms with Gasteiger partial charge in [-0.15, -0.1) is 11.3 Å². The fraction of sp³-hybridized carbons (Fsp3) is 0.312. The van der Waals surface area contributed by atoms with Crippen molar-refractivity contribution in [1.82, 2.24) is 5.32 Å². The number of carbonyl (C=O) groups excluding carboxylic acids is 1. The Morgan fingerprint density at radius 2 is 2.24 bits per heavy atom. The van der Waals surface area contributed by atoms with E-state index in [9.17, 15) is 4.79 Å². The normalized spacial score (nSPS) is 17.1. The molecule has 0 spiro atoms. The Morgan fingerprint density at radius 3 is 3.05 bits per heavy atom. The number of halogens is 1. The van der Waals surface area contributed by atoms with Gasteiger partial charge in [0.15, 0.2) is 0 Å². The Balaban J connectivity index is 1.83. The Hall–Kier alpha value is -1.08. The lowest BCUT2D eigenvalue weighted by Gasteiger charge is -2.24. The highest BCUT2D eigenvalue weighted by Crippen LogP contribution is 2.38. The number of hydrogen-bond acceptors (Lipinski definition) is 3. The predicted molar refractivity (Wildman–Crippen MR) is 96.2 cm³/mol. The monoisotopic (exact) mass is 412 g/mol. The molecule has 110 valence electrons. The fourth-order valence-electron chi connectivity index (χ4n) is 2.77. The second-order valence-corrected chi connectivity index (χ2v) is 8.21. The van der Waals surface area contributed by atoms with Crippen LogP contribution in [0.25, 0.3) is 0 Å². The number of benzene rings is 1. The second-order valence-electron chi connectivity index (χ2n) is 5.18. The van der Waals surface area contributed by atoms with Gasteiger partial charge in [-0.3, -0.25) is 4.79 Å². The smallest absolute Gasteiger partial charge is 0.251 e. The van der Waals surface area contributed by atoms with Gasteiger partial charge in [-0.05, 0) is 71.7 Å². The first-order chi connectivity index (χ1) is 10.2. The van der Waals surface area contributed by atoms with E-state index in [4.69, 9.17) is 0 Å². The van der Waals surface area contributed by atoms with Crippen LogP contribution in [-0.2, 0) is 6.42 Å². The summed E-state index contributed by atoms with van der Waals surface area (Å²) < 4.78 is 1.35. The Labute approximate surface area is 142 Å². The van der Waals surface area contributed by atoms with E-state index in [2.05, 4.69) is 39.3 Å². The molecule has 0 aliphatic heterocycles. The summed E-state index contributed by atoms with van der Waals surface area (Å²) in [6, 6.07) is 10.4. The molecule has 2 aromatic rings. The van der Waals surface area contributed by atoms with Crippen LogP contribution in [0.4, 0.5) is 5.69 Å². The van der Waals surface area contributed by atoms with Crippen LogP contribution in [0.15, 0.2) is 30.3 Å². The topological polar surface area (TPSA) is 41.1 Å². The zero-order valence-corrected chi connectivity index (χ0v) is 14.8. The van der Waals surface area contributed by atoms with Crippen LogP contribution in [0.2, 0.25) is 0 Å². The summed E-state index contributed by atoms with van der Waals surface area (Å²) in [5, 5.41) is 6.26. The third-order valence-corrected chi connectivity index (χ3v) is 5.75. The highest BCUT2D eigenvalue weighted by atomic mass is 127.